The van der Waals surface area contributed by atoms with Gasteiger partial charge in [0, 0.05) is 21.3 Å². The van der Waals surface area contributed by atoms with Gasteiger partial charge in [-0.3, -0.25) is 0 Å². The minimum Gasteiger partial charge on any atom is -0.491 e. The van der Waals surface area contributed by atoms with E-state index in [0.29, 0.717) is 0 Å². The quantitative estimate of drug-likeness (QED) is 0.361. The SMILES string of the molecule is COCC(=O)OC[C@H]1OC=C[C@@H](OC(=O)COC)[C@@H]1OC(=O)COC. The van der Waals surface area contributed by atoms with E-state index in [2.05, 4.69) is 4.74 Å². The average Bonchev–Trinajstić information content (AvgIpc) is 2.56. The molecule has 3 atom stereocenters. The predicted octanol–water partition coefficient (Wildman–Crippen LogP) is -0.795. The summed E-state index contributed by atoms with van der Waals surface area (Å²) in [6, 6.07) is 0. The average molecular weight is 362 g/mol. The second-order valence-electron chi connectivity index (χ2n) is 4.89. The summed E-state index contributed by atoms with van der Waals surface area (Å²) in [5.41, 5.74) is 0. The number of carbonyl (C=O) groups is 3. The van der Waals surface area contributed by atoms with Gasteiger partial charge in [0.15, 0.2) is 18.3 Å². The van der Waals surface area contributed by atoms with Gasteiger partial charge in [-0.25, -0.2) is 14.4 Å². The first-order chi connectivity index (χ1) is 12.0. The molecule has 10 nitrogen and oxygen atoms in total. The van der Waals surface area contributed by atoms with E-state index in [4.69, 9.17) is 28.4 Å². The van der Waals surface area contributed by atoms with Crippen molar-refractivity contribution in [2.24, 2.45) is 0 Å². The smallest absolute Gasteiger partial charge is 0.332 e. The monoisotopic (exact) mass is 362 g/mol. The zero-order chi connectivity index (χ0) is 18.7. The van der Waals surface area contributed by atoms with E-state index in [0.717, 1.165) is 0 Å². The molecule has 0 bridgehead atoms. The second kappa shape index (κ2) is 11.4. The Morgan fingerprint density at radius 2 is 1.44 bits per heavy atom. The molecule has 0 spiro atoms. The highest BCUT2D eigenvalue weighted by Crippen LogP contribution is 2.20. The molecule has 0 fully saturated rings. The Labute approximate surface area is 144 Å². The molecule has 10 heteroatoms. The van der Waals surface area contributed by atoms with Gasteiger partial charge in [0.2, 0.25) is 0 Å². The second-order valence-corrected chi connectivity index (χ2v) is 4.89. The van der Waals surface area contributed by atoms with Crippen LogP contribution in [-0.2, 0) is 47.5 Å². The van der Waals surface area contributed by atoms with Crippen molar-refractivity contribution in [3.05, 3.63) is 12.3 Å². The number of rotatable bonds is 10. The molecule has 142 valence electrons. The number of methoxy groups -OCH3 is 3. The Hall–Kier alpha value is -2.17. The van der Waals surface area contributed by atoms with Gasteiger partial charge in [0.1, 0.15) is 26.4 Å². The first-order valence-electron chi connectivity index (χ1n) is 7.35. The normalized spacial score (nSPS) is 22.0. The van der Waals surface area contributed by atoms with Gasteiger partial charge in [-0.15, -0.1) is 0 Å². The lowest BCUT2D eigenvalue weighted by Crippen LogP contribution is -2.48. The number of carbonyl (C=O) groups excluding carboxylic acids is 3. The fourth-order valence-electron chi connectivity index (χ4n) is 1.95. The highest BCUT2D eigenvalue weighted by molar-refractivity contribution is 5.72. The molecular formula is C15H22O10. The molecule has 1 aliphatic heterocycles. The fraction of sp³-hybridized carbons (Fsp3) is 0.667. The van der Waals surface area contributed by atoms with E-state index in [9.17, 15) is 14.4 Å². The van der Waals surface area contributed by atoms with Crippen LogP contribution in [-0.4, -0.2) is 84.0 Å². The van der Waals surface area contributed by atoms with Crippen LogP contribution in [0.3, 0.4) is 0 Å². The highest BCUT2D eigenvalue weighted by Gasteiger charge is 2.38. The Balaban J connectivity index is 2.78. The molecular weight excluding hydrogens is 340 g/mol. The number of hydrogen-bond acceptors (Lipinski definition) is 10. The van der Waals surface area contributed by atoms with E-state index >= 15 is 0 Å². The van der Waals surface area contributed by atoms with E-state index in [1.165, 1.54) is 33.7 Å². The van der Waals surface area contributed by atoms with Crippen LogP contribution in [0.5, 0.6) is 0 Å². The van der Waals surface area contributed by atoms with Crippen molar-refractivity contribution < 1.29 is 47.5 Å². The van der Waals surface area contributed by atoms with Crippen LogP contribution >= 0.6 is 0 Å². The molecule has 1 heterocycles. The lowest BCUT2D eigenvalue weighted by atomic mass is 10.1. The molecule has 0 aromatic heterocycles. The molecule has 0 N–H and O–H groups in total. The Morgan fingerprint density at radius 1 is 0.880 bits per heavy atom. The van der Waals surface area contributed by atoms with Gasteiger partial charge in [-0.05, 0) is 6.08 Å². The Kier molecular flexibility index (Phi) is 9.51. The van der Waals surface area contributed by atoms with Crippen molar-refractivity contribution in [3.63, 3.8) is 0 Å². The molecule has 1 aliphatic rings. The molecule has 0 unspecified atom stereocenters. The lowest BCUT2D eigenvalue weighted by molar-refractivity contribution is -0.185. The maximum atomic E-state index is 11.7. The van der Waals surface area contributed by atoms with Gasteiger partial charge >= 0.3 is 17.9 Å². The van der Waals surface area contributed by atoms with Crippen LogP contribution < -0.4 is 0 Å². The van der Waals surface area contributed by atoms with Crippen molar-refractivity contribution in [2.45, 2.75) is 18.3 Å². The van der Waals surface area contributed by atoms with Crippen molar-refractivity contribution in [3.8, 4) is 0 Å². The van der Waals surface area contributed by atoms with Crippen LogP contribution in [0.25, 0.3) is 0 Å². The molecule has 0 aromatic carbocycles. The zero-order valence-corrected chi connectivity index (χ0v) is 14.3. The lowest BCUT2D eigenvalue weighted by Gasteiger charge is -2.33. The molecule has 0 aromatic rings. The minimum atomic E-state index is -1.02. The van der Waals surface area contributed by atoms with Crippen molar-refractivity contribution in [2.75, 3.05) is 47.8 Å². The van der Waals surface area contributed by atoms with E-state index < -0.39 is 36.2 Å². The molecule has 0 saturated carbocycles. The van der Waals surface area contributed by atoms with Gasteiger partial charge in [0.05, 0.1) is 6.26 Å². The highest BCUT2D eigenvalue weighted by atomic mass is 16.6. The standard InChI is InChI=1S/C15H22O10/c1-19-7-12(16)23-6-11-15(25-14(18)9-21-3)10(4-5-22-11)24-13(17)8-20-2/h4-5,10-11,15H,6-9H2,1-3H3/t10-,11-,15+/m1/s1. The van der Waals surface area contributed by atoms with E-state index in [1.54, 1.807) is 0 Å². The molecule has 0 saturated heterocycles. The Bertz CT molecular complexity index is 475. The largest absolute Gasteiger partial charge is 0.491 e. The van der Waals surface area contributed by atoms with Crippen LogP contribution in [0, 0.1) is 0 Å². The third-order valence-electron chi connectivity index (χ3n) is 2.94. The van der Waals surface area contributed by atoms with E-state index in [1.807, 2.05) is 0 Å². The predicted molar refractivity (Wildman–Crippen MR) is 80.4 cm³/mol. The van der Waals surface area contributed by atoms with E-state index in [-0.39, 0.29) is 26.4 Å². The summed E-state index contributed by atoms with van der Waals surface area (Å²) in [5, 5.41) is 0. The Morgan fingerprint density at radius 3 is 2.04 bits per heavy atom. The van der Waals surface area contributed by atoms with Gasteiger partial charge in [0.25, 0.3) is 0 Å². The number of hydrogen-bond donors (Lipinski definition) is 0. The number of ether oxygens (including phenoxy) is 7. The summed E-state index contributed by atoms with van der Waals surface area (Å²) in [6.45, 7) is -1.02. The van der Waals surface area contributed by atoms with Crippen molar-refractivity contribution >= 4 is 17.9 Å². The van der Waals surface area contributed by atoms with Crippen LogP contribution in [0.15, 0.2) is 12.3 Å². The summed E-state index contributed by atoms with van der Waals surface area (Å²) in [5.74, 6) is -1.95. The molecule has 0 amide bonds. The summed E-state index contributed by atoms with van der Waals surface area (Å²) in [6.07, 6.45) is -0.134. The first kappa shape index (κ1) is 20.9. The summed E-state index contributed by atoms with van der Waals surface area (Å²) < 4.78 is 34.8. The maximum absolute atomic E-state index is 11.7. The summed E-state index contributed by atoms with van der Waals surface area (Å²) in [4.78, 5) is 34.8. The zero-order valence-electron chi connectivity index (χ0n) is 14.3. The summed E-state index contributed by atoms with van der Waals surface area (Å²) >= 11 is 0. The van der Waals surface area contributed by atoms with Crippen LogP contribution in [0.2, 0.25) is 0 Å². The summed E-state index contributed by atoms with van der Waals surface area (Å²) in [7, 11) is 4.02. The maximum Gasteiger partial charge on any atom is 0.332 e. The van der Waals surface area contributed by atoms with Crippen LogP contribution in [0.1, 0.15) is 0 Å². The van der Waals surface area contributed by atoms with Gasteiger partial charge < -0.3 is 33.2 Å². The first-order valence-corrected chi connectivity index (χ1v) is 7.35. The van der Waals surface area contributed by atoms with Crippen molar-refractivity contribution in [1.82, 2.24) is 0 Å². The molecule has 25 heavy (non-hydrogen) atoms. The minimum absolute atomic E-state index is 0.226. The third-order valence-corrected chi connectivity index (χ3v) is 2.94. The van der Waals surface area contributed by atoms with Crippen LogP contribution in [0.4, 0.5) is 0 Å². The number of esters is 3. The van der Waals surface area contributed by atoms with Gasteiger partial charge in [-0.2, -0.15) is 0 Å². The van der Waals surface area contributed by atoms with Crippen molar-refractivity contribution in [1.29, 1.82) is 0 Å². The molecule has 0 radical (unpaired) electrons. The fourth-order valence-corrected chi connectivity index (χ4v) is 1.95. The molecule has 1 rings (SSSR count). The third kappa shape index (κ3) is 7.50. The van der Waals surface area contributed by atoms with Gasteiger partial charge in [-0.1, -0.05) is 0 Å². The molecule has 0 aliphatic carbocycles. The topological polar surface area (TPSA) is 116 Å².